The Hall–Kier alpha value is 0.597. The van der Waals surface area contributed by atoms with E-state index in [-0.39, 0.29) is 0 Å². The van der Waals surface area contributed by atoms with Crippen LogP contribution in [0.5, 0.6) is 0 Å². The Morgan fingerprint density at radius 2 is 1.50 bits per heavy atom. The molecule has 0 aliphatic heterocycles. The molecule has 0 spiro atoms. The average molecular weight is 288 g/mol. The van der Waals surface area contributed by atoms with Crippen molar-refractivity contribution in [3.8, 4) is 0 Å². The lowest BCUT2D eigenvalue weighted by Gasteiger charge is -2.28. The third-order valence-electron chi connectivity index (χ3n) is 2.13. The van der Waals surface area contributed by atoms with Crippen LogP contribution in [0.4, 0.5) is 0 Å². The normalized spacial score (nSPS) is 16.4. The minimum absolute atomic E-state index is 0.858. The molecule has 0 aromatic heterocycles. The summed E-state index contributed by atoms with van der Waals surface area (Å²) < 4.78 is -0.870. The first kappa shape index (κ1) is 12.7. The van der Waals surface area contributed by atoms with Gasteiger partial charge in [-0.05, 0) is 19.4 Å². The number of benzene rings is 1. The highest BCUT2D eigenvalue weighted by Gasteiger charge is 2.48. The molecular weight excluding hydrogens is 278 g/mol. The average Bonchev–Trinajstić information content (AvgIpc) is 2.03. The summed E-state index contributed by atoms with van der Waals surface area (Å²) in [5.41, 5.74) is 2.02. The number of halogens is 4. The summed E-state index contributed by atoms with van der Waals surface area (Å²) >= 11 is 24.1. The van der Waals surface area contributed by atoms with Gasteiger partial charge in [-0.1, -0.05) is 29.8 Å². The van der Waals surface area contributed by atoms with Crippen molar-refractivity contribution in [2.24, 2.45) is 0 Å². The molecule has 1 rings (SSSR count). The zero-order valence-corrected chi connectivity index (χ0v) is 11.8. The molecule has 0 saturated heterocycles. The molecule has 78 valence electrons. The maximum Gasteiger partial charge on any atom is 0.365 e. The Kier molecular flexibility index (Phi) is 3.82. The van der Waals surface area contributed by atoms with Crippen LogP contribution in [-0.2, 0) is 4.50 Å². The van der Waals surface area contributed by atoms with E-state index in [1.54, 1.807) is 6.92 Å². The zero-order chi connectivity index (χ0) is 11.0. The smallest absolute Gasteiger partial charge is 0.124 e. The SMILES string of the molecule is Cc1ccc(C(C)(Cl)[Si](Cl)(Cl)Cl)cc1. The molecule has 1 aromatic rings. The molecule has 0 radical (unpaired) electrons. The Labute approximate surface area is 104 Å². The molecular formula is C9H10Cl4Si. The van der Waals surface area contributed by atoms with E-state index >= 15 is 0 Å². The van der Waals surface area contributed by atoms with Crippen molar-refractivity contribution >= 4 is 50.8 Å². The molecule has 0 heterocycles. The predicted octanol–water partition coefficient (Wildman–Crippen LogP) is 4.64. The summed E-state index contributed by atoms with van der Waals surface area (Å²) in [5, 5.41) is 0. The number of hydrogen-bond acceptors (Lipinski definition) is 0. The standard InChI is InChI=1S/C9H10Cl4Si/c1-7-3-5-8(6-4-7)9(2,10)14(11,12)13/h3-6H,1-2H3. The lowest BCUT2D eigenvalue weighted by atomic mass is 10.1. The Morgan fingerprint density at radius 3 is 1.86 bits per heavy atom. The van der Waals surface area contributed by atoms with Crippen LogP contribution in [0.3, 0.4) is 0 Å². The molecule has 0 N–H and O–H groups in total. The van der Waals surface area contributed by atoms with Gasteiger partial charge in [-0.15, -0.1) is 44.8 Å². The van der Waals surface area contributed by atoms with E-state index in [0.29, 0.717) is 0 Å². The van der Waals surface area contributed by atoms with Crippen molar-refractivity contribution in [3.05, 3.63) is 35.4 Å². The molecule has 0 amide bonds. The third-order valence-corrected chi connectivity index (χ3v) is 8.82. The lowest BCUT2D eigenvalue weighted by molar-refractivity contribution is 0.957. The van der Waals surface area contributed by atoms with E-state index in [1.165, 1.54) is 0 Å². The molecule has 0 aliphatic rings. The maximum absolute atomic E-state index is 6.26. The minimum Gasteiger partial charge on any atom is -0.124 e. The molecule has 0 aliphatic carbocycles. The van der Waals surface area contributed by atoms with Crippen LogP contribution in [0.1, 0.15) is 18.1 Å². The van der Waals surface area contributed by atoms with E-state index in [9.17, 15) is 0 Å². The van der Waals surface area contributed by atoms with Crippen molar-refractivity contribution < 1.29 is 0 Å². The number of alkyl halides is 1. The summed E-state index contributed by atoms with van der Waals surface area (Å²) in [7, 11) is 0. The monoisotopic (exact) mass is 286 g/mol. The second-order valence-electron chi connectivity index (χ2n) is 3.37. The van der Waals surface area contributed by atoms with Gasteiger partial charge in [-0.25, -0.2) is 0 Å². The van der Waals surface area contributed by atoms with Crippen LogP contribution in [0.15, 0.2) is 24.3 Å². The second kappa shape index (κ2) is 4.23. The fourth-order valence-corrected chi connectivity index (χ4v) is 2.63. The number of hydrogen-bond donors (Lipinski definition) is 0. The molecule has 5 heteroatoms. The van der Waals surface area contributed by atoms with Crippen LogP contribution in [0.2, 0.25) is 0 Å². The predicted molar refractivity (Wildman–Crippen MR) is 67.7 cm³/mol. The first-order valence-corrected chi connectivity index (χ1v) is 9.49. The van der Waals surface area contributed by atoms with Gasteiger partial charge in [0.1, 0.15) is 4.50 Å². The number of aryl methyl sites for hydroxylation is 1. The van der Waals surface area contributed by atoms with Crippen molar-refractivity contribution in [1.29, 1.82) is 0 Å². The van der Waals surface area contributed by atoms with Gasteiger partial charge in [0.05, 0.1) is 0 Å². The van der Waals surface area contributed by atoms with E-state index in [4.69, 9.17) is 44.8 Å². The highest BCUT2D eigenvalue weighted by molar-refractivity contribution is 7.66. The molecule has 1 aromatic carbocycles. The van der Waals surface area contributed by atoms with Gasteiger partial charge in [-0.2, -0.15) is 0 Å². The van der Waals surface area contributed by atoms with Crippen molar-refractivity contribution in [1.82, 2.24) is 0 Å². The van der Waals surface area contributed by atoms with Crippen LogP contribution in [0.25, 0.3) is 0 Å². The first-order valence-electron chi connectivity index (χ1n) is 4.08. The van der Waals surface area contributed by atoms with Crippen LogP contribution >= 0.6 is 44.8 Å². The third kappa shape index (κ3) is 2.59. The maximum atomic E-state index is 6.26. The molecule has 0 saturated carbocycles. The zero-order valence-electron chi connectivity index (χ0n) is 7.82. The second-order valence-corrected chi connectivity index (χ2v) is 13.3. The van der Waals surface area contributed by atoms with Gasteiger partial charge < -0.3 is 0 Å². The highest BCUT2D eigenvalue weighted by Crippen LogP contribution is 2.45. The van der Waals surface area contributed by atoms with Gasteiger partial charge >= 0.3 is 6.00 Å². The molecule has 1 atom stereocenters. The van der Waals surface area contributed by atoms with Crippen molar-refractivity contribution in [2.75, 3.05) is 0 Å². The molecule has 1 unspecified atom stereocenters. The molecule has 14 heavy (non-hydrogen) atoms. The van der Waals surface area contributed by atoms with Crippen LogP contribution in [-0.4, -0.2) is 6.00 Å². The molecule has 0 nitrogen and oxygen atoms in total. The van der Waals surface area contributed by atoms with Gasteiger partial charge in [0.2, 0.25) is 0 Å². The first-order chi connectivity index (χ1) is 6.25. The van der Waals surface area contributed by atoms with Crippen LogP contribution in [0, 0.1) is 6.92 Å². The Morgan fingerprint density at radius 1 is 1.07 bits per heavy atom. The summed E-state index contributed by atoms with van der Waals surface area (Å²) in [4.78, 5) is 0. The number of rotatable bonds is 2. The van der Waals surface area contributed by atoms with Gasteiger partial charge in [0, 0.05) is 0 Å². The van der Waals surface area contributed by atoms with E-state index < -0.39 is 10.5 Å². The van der Waals surface area contributed by atoms with Gasteiger partial charge in [-0.3, -0.25) is 0 Å². The summed E-state index contributed by atoms with van der Waals surface area (Å²) in [6, 6.07) is 4.76. The molecule has 0 fully saturated rings. The van der Waals surface area contributed by atoms with Gasteiger partial charge in [0.15, 0.2) is 0 Å². The lowest BCUT2D eigenvalue weighted by Crippen LogP contribution is -2.36. The summed E-state index contributed by atoms with van der Waals surface area (Å²) in [5.74, 6) is 0. The minimum atomic E-state index is -2.96. The largest absolute Gasteiger partial charge is 0.365 e. The van der Waals surface area contributed by atoms with E-state index in [0.717, 1.165) is 11.1 Å². The molecule has 0 bridgehead atoms. The van der Waals surface area contributed by atoms with Gasteiger partial charge in [0.25, 0.3) is 0 Å². The fraction of sp³-hybridized carbons (Fsp3) is 0.333. The van der Waals surface area contributed by atoms with Crippen LogP contribution < -0.4 is 0 Å². The Balaban J connectivity index is 3.10. The summed E-state index contributed by atoms with van der Waals surface area (Å²) in [6.45, 7) is 3.75. The van der Waals surface area contributed by atoms with Crippen molar-refractivity contribution in [2.45, 2.75) is 18.3 Å². The van der Waals surface area contributed by atoms with E-state index in [2.05, 4.69) is 0 Å². The fourth-order valence-electron chi connectivity index (χ4n) is 1.03. The highest BCUT2D eigenvalue weighted by atomic mass is 35.8. The summed E-state index contributed by atoms with van der Waals surface area (Å²) in [6.07, 6.45) is 0. The topological polar surface area (TPSA) is 0 Å². The van der Waals surface area contributed by atoms with E-state index in [1.807, 2.05) is 31.2 Å². The van der Waals surface area contributed by atoms with Crippen molar-refractivity contribution in [3.63, 3.8) is 0 Å². The Bertz CT molecular complexity index is 313. The quantitative estimate of drug-likeness (QED) is 0.422.